The summed E-state index contributed by atoms with van der Waals surface area (Å²) in [4.78, 5) is 2.43. The molecule has 0 aromatic heterocycles. The molecule has 1 fully saturated rings. The second kappa shape index (κ2) is 5.72. The zero-order valence-electron chi connectivity index (χ0n) is 11.5. The Hall–Kier alpha value is -0.380. The van der Waals surface area contributed by atoms with E-state index >= 15 is 0 Å². The van der Waals surface area contributed by atoms with E-state index < -0.39 is 0 Å². The number of benzene rings is 1. The first-order chi connectivity index (χ1) is 8.51. The van der Waals surface area contributed by atoms with Crippen LogP contribution in [0.25, 0.3) is 0 Å². The molecule has 0 amide bonds. The number of hydrogen-bond acceptors (Lipinski definition) is 2. The van der Waals surface area contributed by atoms with E-state index in [2.05, 4.69) is 59.9 Å². The van der Waals surface area contributed by atoms with E-state index in [4.69, 9.17) is 5.73 Å². The summed E-state index contributed by atoms with van der Waals surface area (Å²) in [6, 6.07) is 7.36. The quantitative estimate of drug-likeness (QED) is 0.925. The van der Waals surface area contributed by atoms with Crippen LogP contribution in [0.2, 0.25) is 0 Å². The first-order valence-corrected chi connectivity index (χ1v) is 7.51. The van der Waals surface area contributed by atoms with E-state index in [1.54, 1.807) is 0 Å². The lowest BCUT2D eigenvalue weighted by molar-refractivity contribution is 0.313. The number of hydrogen-bond donors (Lipinski definition) is 1. The summed E-state index contributed by atoms with van der Waals surface area (Å²) in [7, 11) is 2.20. The second-order valence-electron chi connectivity index (χ2n) is 5.77. The minimum Gasteiger partial charge on any atom is -0.330 e. The van der Waals surface area contributed by atoms with Gasteiger partial charge in [0.25, 0.3) is 0 Å². The van der Waals surface area contributed by atoms with Crippen LogP contribution in [0, 0.1) is 5.92 Å². The van der Waals surface area contributed by atoms with E-state index in [0.717, 1.165) is 13.1 Å². The predicted molar refractivity (Wildman–Crippen MR) is 80.8 cm³/mol. The maximum atomic E-state index is 5.81. The zero-order chi connectivity index (χ0) is 13.3. The Morgan fingerprint density at radius 2 is 2.11 bits per heavy atom. The van der Waals surface area contributed by atoms with Crippen molar-refractivity contribution in [1.82, 2.24) is 4.90 Å². The van der Waals surface area contributed by atoms with Crippen molar-refractivity contribution in [3.05, 3.63) is 33.8 Å². The van der Waals surface area contributed by atoms with Gasteiger partial charge >= 0.3 is 0 Å². The average Bonchev–Trinajstić information content (AvgIpc) is 2.69. The summed E-state index contributed by atoms with van der Waals surface area (Å²) in [6.45, 7) is 6.40. The van der Waals surface area contributed by atoms with Crippen molar-refractivity contribution in [2.45, 2.75) is 32.2 Å². The Balaban J connectivity index is 2.28. The number of nitrogens with two attached hydrogens (primary N) is 1. The molecule has 0 saturated carbocycles. The molecule has 1 saturated heterocycles. The Morgan fingerprint density at radius 1 is 1.39 bits per heavy atom. The molecule has 2 N–H and O–H groups in total. The van der Waals surface area contributed by atoms with Crippen LogP contribution in [0.4, 0.5) is 0 Å². The SMILES string of the molecule is CC(C)c1cc(Br)cc(C2CC(CN)CN2C)c1. The molecule has 1 aliphatic rings. The summed E-state index contributed by atoms with van der Waals surface area (Å²) < 4.78 is 1.19. The van der Waals surface area contributed by atoms with Gasteiger partial charge in [0.05, 0.1) is 0 Å². The van der Waals surface area contributed by atoms with Crippen LogP contribution in [-0.2, 0) is 0 Å². The van der Waals surface area contributed by atoms with Crippen LogP contribution in [-0.4, -0.2) is 25.0 Å². The van der Waals surface area contributed by atoms with Gasteiger partial charge in [0.2, 0.25) is 0 Å². The third-order valence-corrected chi connectivity index (χ3v) is 4.42. The summed E-state index contributed by atoms with van der Waals surface area (Å²) in [5, 5.41) is 0. The summed E-state index contributed by atoms with van der Waals surface area (Å²) in [5.41, 5.74) is 8.64. The monoisotopic (exact) mass is 310 g/mol. The van der Waals surface area contributed by atoms with Gasteiger partial charge in [-0.1, -0.05) is 35.8 Å². The Bertz CT molecular complexity index is 417. The van der Waals surface area contributed by atoms with Gasteiger partial charge in [0.15, 0.2) is 0 Å². The number of rotatable bonds is 3. The van der Waals surface area contributed by atoms with Gasteiger partial charge in [0.1, 0.15) is 0 Å². The summed E-state index contributed by atoms with van der Waals surface area (Å²) in [6.07, 6.45) is 1.18. The molecule has 1 aromatic carbocycles. The highest BCUT2D eigenvalue weighted by molar-refractivity contribution is 9.10. The molecule has 2 rings (SSSR count). The smallest absolute Gasteiger partial charge is 0.0349 e. The van der Waals surface area contributed by atoms with Crippen LogP contribution in [0.15, 0.2) is 22.7 Å². The third-order valence-electron chi connectivity index (χ3n) is 3.96. The van der Waals surface area contributed by atoms with Gasteiger partial charge in [-0.15, -0.1) is 0 Å². The van der Waals surface area contributed by atoms with Gasteiger partial charge in [-0.05, 0) is 55.1 Å². The molecule has 1 aliphatic heterocycles. The molecule has 3 heteroatoms. The van der Waals surface area contributed by atoms with E-state index in [-0.39, 0.29) is 0 Å². The van der Waals surface area contributed by atoms with E-state index in [9.17, 15) is 0 Å². The summed E-state index contributed by atoms with van der Waals surface area (Å²) in [5.74, 6) is 1.21. The standard InChI is InChI=1S/C15H23BrN2/c1-10(2)12-5-13(7-14(16)6-12)15-4-11(8-17)9-18(15)3/h5-7,10-11,15H,4,8-9,17H2,1-3H3. The Morgan fingerprint density at radius 3 is 2.67 bits per heavy atom. The average molecular weight is 311 g/mol. The van der Waals surface area contributed by atoms with Gasteiger partial charge < -0.3 is 5.73 Å². The fourth-order valence-corrected chi connectivity index (χ4v) is 3.36. The van der Waals surface area contributed by atoms with Crippen LogP contribution in [0.1, 0.15) is 43.4 Å². The molecule has 2 atom stereocenters. The topological polar surface area (TPSA) is 29.3 Å². The number of halogens is 1. The van der Waals surface area contributed by atoms with Crippen LogP contribution in [0.5, 0.6) is 0 Å². The Labute approximate surface area is 119 Å². The first kappa shape index (κ1) is 14.0. The fourth-order valence-electron chi connectivity index (χ4n) is 2.83. The maximum absolute atomic E-state index is 5.81. The molecule has 0 aliphatic carbocycles. The number of nitrogens with zero attached hydrogens (tertiary/aromatic N) is 1. The maximum Gasteiger partial charge on any atom is 0.0349 e. The Kier molecular flexibility index (Phi) is 4.46. The molecule has 0 bridgehead atoms. The highest BCUT2D eigenvalue weighted by Gasteiger charge is 2.29. The van der Waals surface area contributed by atoms with Crippen molar-refractivity contribution in [3.63, 3.8) is 0 Å². The predicted octanol–water partition coefficient (Wildman–Crippen LogP) is 3.52. The lowest BCUT2D eigenvalue weighted by Gasteiger charge is -2.21. The molecule has 18 heavy (non-hydrogen) atoms. The van der Waals surface area contributed by atoms with Crippen molar-refractivity contribution in [1.29, 1.82) is 0 Å². The minimum atomic E-state index is 0.522. The van der Waals surface area contributed by atoms with E-state index in [1.807, 2.05) is 0 Å². The lowest BCUT2D eigenvalue weighted by Crippen LogP contribution is -2.20. The number of likely N-dealkylation sites (tertiary alicyclic amines) is 1. The molecule has 0 radical (unpaired) electrons. The van der Waals surface area contributed by atoms with Gasteiger partial charge in [-0.3, -0.25) is 4.90 Å². The summed E-state index contributed by atoms with van der Waals surface area (Å²) >= 11 is 3.64. The molecule has 2 nitrogen and oxygen atoms in total. The van der Waals surface area contributed by atoms with Crippen molar-refractivity contribution in [3.8, 4) is 0 Å². The fraction of sp³-hybridized carbons (Fsp3) is 0.600. The lowest BCUT2D eigenvalue weighted by atomic mass is 9.95. The molecule has 100 valence electrons. The molecule has 1 heterocycles. The van der Waals surface area contributed by atoms with Crippen molar-refractivity contribution in [2.24, 2.45) is 11.7 Å². The normalized spacial score (nSPS) is 25.0. The second-order valence-corrected chi connectivity index (χ2v) is 6.68. The van der Waals surface area contributed by atoms with Gasteiger partial charge in [0, 0.05) is 17.1 Å². The van der Waals surface area contributed by atoms with Crippen LogP contribution >= 0.6 is 15.9 Å². The highest BCUT2D eigenvalue weighted by Crippen LogP contribution is 2.36. The van der Waals surface area contributed by atoms with Crippen LogP contribution < -0.4 is 5.73 Å². The van der Waals surface area contributed by atoms with E-state index in [1.165, 1.54) is 22.0 Å². The molecule has 1 aromatic rings. The molecular weight excluding hydrogens is 288 g/mol. The first-order valence-electron chi connectivity index (χ1n) is 6.72. The molecule has 0 spiro atoms. The molecule has 2 unspecified atom stereocenters. The zero-order valence-corrected chi connectivity index (χ0v) is 13.1. The van der Waals surface area contributed by atoms with Crippen molar-refractivity contribution >= 4 is 15.9 Å². The van der Waals surface area contributed by atoms with Crippen molar-refractivity contribution < 1.29 is 0 Å². The third kappa shape index (κ3) is 2.95. The largest absolute Gasteiger partial charge is 0.330 e. The van der Waals surface area contributed by atoms with E-state index in [0.29, 0.717) is 17.9 Å². The van der Waals surface area contributed by atoms with Gasteiger partial charge in [-0.25, -0.2) is 0 Å². The highest BCUT2D eigenvalue weighted by atomic mass is 79.9. The van der Waals surface area contributed by atoms with Crippen molar-refractivity contribution in [2.75, 3.05) is 20.1 Å². The van der Waals surface area contributed by atoms with Gasteiger partial charge in [-0.2, -0.15) is 0 Å². The minimum absolute atomic E-state index is 0.522. The van der Waals surface area contributed by atoms with Crippen LogP contribution in [0.3, 0.4) is 0 Å². The molecular formula is C15H23BrN2.